The normalized spacial score (nSPS) is 10.0. The second kappa shape index (κ2) is 5.58. The van der Waals surface area contributed by atoms with Gasteiger partial charge in [-0.3, -0.25) is 4.79 Å². The van der Waals surface area contributed by atoms with E-state index in [9.17, 15) is 4.79 Å². The molecule has 0 fully saturated rings. The molecule has 0 radical (unpaired) electrons. The van der Waals surface area contributed by atoms with Gasteiger partial charge in [0, 0.05) is 6.54 Å². The van der Waals surface area contributed by atoms with E-state index >= 15 is 0 Å². The van der Waals surface area contributed by atoms with E-state index in [1.165, 1.54) is 0 Å². The Balaban J connectivity index is 2.58. The Bertz CT molecular complexity index is 355. The van der Waals surface area contributed by atoms with Gasteiger partial charge in [-0.1, -0.05) is 17.7 Å². The number of nitrogens with two attached hydrogens (primary N) is 1. The molecule has 1 rings (SSSR count). The first-order chi connectivity index (χ1) is 7.13. The van der Waals surface area contributed by atoms with Crippen LogP contribution in [0.5, 0.6) is 5.75 Å². The van der Waals surface area contributed by atoms with E-state index in [2.05, 4.69) is 0 Å². The van der Waals surface area contributed by atoms with Gasteiger partial charge in [0.15, 0.2) is 0 Å². The lowest BCUT2D eigenvalue weighted by molar-refractivity contribution is -0.137. The molecule has 1 aromatic rings. The minimum absolute atomic E-state index is 0.0467. The molecule has 0 aromatic heterocycles. The van der Waals surface area contributed by atoms with E-state index < -0.39 is 5.97 Å². The Kier molecular flexibility index (Phi) is 4.39. The van der Waals surface area contributed by atoms with Crippen LogP contribution >= 0.6 is 11.6 Å². The van der Waals surface area contributed by atoms with Crippen molar-refractivity contribution in [2.24, 2.45) is 5.73 Å². The lowest BCUT2D eigenvalue weighted by Gasteiger charge is -2.07. The molecular weight excluding hydrogens is 218 g/mol. The molecule has 0 aliphatic rings. The fourth-order valence-electron chi connectivity index (χ4n) is 1.04. The summed E-state index contributed by atoms with van der Waals surface area (Å²) in [5, 5.41) is 8.86. The number of carbonyl (C=O) groups is 1. The monoisotopic (exact) mass is 229 g/mol. The zero-order chi connectivity index (χ0) is 11.3. The average Bonchev–Trinajstić information content (AvgIpc) is 2.20. The van der Waals surface area contributed by atoms with Crippen molar-refractivity contribution in [3.8, 4) is 5.75 Å². The lowest BCUT2D eigenvalue weighted by atomic mass is 10.2. The fraction of sp³-hybridized carbons (Fsp3) is 0.300. The van der Waals surface area contributed by atoms with E-state index in [0.29, 0.717) is 17.3 Å². The van der Waals surface area contributed by atoms with Crippen LogP contribution in [0.25, 0.3) is 0 Å². The van der Waals surface area contributed by atoms with Crippen molar-refractivity contribution in [2.45, 2.75) is 13.0 Å². The van der Waals surface area contributed by atoms with Gasteiger partial charge in [0.05, 0.1) is 18.1 Å². The highest BCUT2D eigenvalue weighted by molar-refractivity contribution is 6.32. The minimum atomic E-state index is -0.898. The maximum Gasteiger partial charge on any atom is 0.306 e. The number of halogens is 1. The Morgan fingerprint density at radius 3 is 2.80 bits per heavy atom. The molecule has 1 aromatic carbocycles. The molecule has 0 bridgehead atoms. The van der Waals surface area contributed by atoms with E-state index in [4.69, 9.17) is 27.2 Å². The molecule has 0 saturated carbocycles. The summed E-state index contributed by atoms with van der Waals surface area (Å²) < 4.78 is 5.19. The molecule has 0 aliphatic heterocycles. The maximum absolute atomic E-state index is 10.2. The summed E-state index contributed by atoms with van der Waals surface area (Å²) in [4.78, 5) is 10.2. The second-order valence-electron chi connectivity index (χ2n) is 2.96. The quantitative estimate of drug-likeness (QED) is 0.805. The molecule has 3 N–H and O–H groups in total. The molecule has 0 atom stereocenters. The van der Waals surface area contributed by atoms with Crippen molar-refractivity contribution in [3.63, 3.8) is 0 Å². The molecule has 0 unspecified atom stereocenters. The van der Waals surface area contributed by atoms with E-state index in [1.54, 1.807) is 18.2 Å². The van der Waals surface area contributed by atoms with Crippen LogP contribution in [-0.4, -0.2) is 17.7 Å². The van der Waals surface area contributed by atoms with Gasteiger partial charge in [-0.2, -0.15) is 0 Å². The molecular formula is C10H12ClNO3. The number of benzene rings is 1. The highest BCUT2D eigenvalue weighted by atomic mass is 35.5. The zero-order valence-corrected chi connectivity index (χ0v) is 8.83. The van der Waals surface area contributed by atoms with Crippen LogP contribution in [0.3, 0.4) is 0 Å². The molecule has 0 amide bonds. The van der Waals surface area contributed by atoms with Crippen molar-refractivity contribution in [1.29, 1.82) is 0 Å². The Morgan fingerprint density at radius 1 is 1.53 bits per heavy atom. The largest absolute Gasteiger partial charge is 0.491 e. The summed E-state index contributed by atoms with van der Waals surface area (Å²) in [6, 6.07) is 5.19. The summed E-state index contributed by atoms with van der Waals surface area (Å²) in [6.45, 7) is 0.520. The van der Waals surface area contributed by atoms with Crippen LogP contribution in [0.1, 0.15) is 12.0 Å². The zero-order valence-electron chi connectivity index (χ0n) is 8.07. The number of carboxylic acids is 1. The van der Waals surface area contributed by atoms with E-state index in [-0.39, 0.29) is 13.0 Å². The molecule has 5 heteroatoms. The van der Waals surface area contributed by atoms with Crippen molar-refractivity contribution < 1.29 is 14.6 Å². The first-order valence-electron chi connectivity index (χ1n) is 4.46. The smallest absolute Gasteiger partial charge is 0.306 e. The first-order valence-corrected chi connectivity index (χ1v) is 4.84. The molecule has 0 aliphatic carbocycles. The molecule has 0 saturated heterocycles. The number of aliphatic carboxylic acids is 1. The third-order valence-electron chi connectivity index (χ3n) is 1.81. The van der Waals surface area contributed by atoms with Gasteiger partial charge >= 0.3 is 5.97 Å². The molecule has 0 heterocycles. The third kappa shape index (κ3) is 3.77. The molecule has 15 heavy (non-hydrogen) atoms. The highest BCUT2D eigenvalue weighted by Crippen LogP contribution is 2.25. The summed E-state index contributed by atoms with van der Waals surface area (Å²) in [5.74, 6) is -0.417. The van der Waals surface area contributed by atoms with E-state index in [0.717, 1.165) is 5.56 Å². The predicted molar refractivity (Wildman–Crippen MR) is 57.1 cm³/mol. The lowest BCUT2D eigenvalue weighted by Crippen LogP contribution is -2.05. The summed E-state index contributed by atoms with van der Waals surface area (Å²) in [7, 11) is 0. The van der Waals surface area contributed by atoms with Crippen molar-refractivity contribution in [1.82, 2.24) is 0 Å². The average molecular weight is 230 g/mol. The molecule has 0 spiro atoms. The number of hydrogen-bond acceptors (Lipinski definition) is 3. The van der Waals surface area contributed by atoms with Gasteiger partial charge in [-0.15, -0.1) is 0 Å². The van der Waals surface area contributed by atoms with Crippen LogP contribution in [0, 0.1) is 0 Å². The number of hydrogen-bond donors (Lipinski definition) is 2. The van der Waals surface area contributed by atoms with Crippen LogP contribution in [0.15, 0.2) is 18.2 Å². The standard InChI is InChI=1S/C10H12ClNO3/c11-8-5-7(6-12)1-2-9(8)15-4-3-10(13)14/h1-2,5H,3-4,6,12H2,(H,13,14). The molecule has 4 nitrogen and oxygen atoms in total. The maximum atomic E-state index is 10.2. The number of rotatable bonds is 5. The van der Waals surface area contributed by atoms with Crippen molar-refractivity contribution >= 4 is 17.6 Å². The number of carboxylic acid groups (broad SMARTS) is 1. The predicted octanol–water partition coefficient (Wildman–Crippen LogP) is 1.65. The topological polar surface area (TPSA) is 72.5 Å². The van der Waals surface area contributed by atoms with Gasteiger partial charge in [0.25, 0.3) is 0 Å². The Labute approximate surface area is 92.6 Å². The van der Waals surface area contributed by atoms with Crippen LogP contribution < -0.4 is 10.5 Å². The van der Waals surface area contributed by atoms with E-state index in [1.807, 2.05) is 0 Å². The van der Waals surface area contributed by atoms with Gasteiger partial charge in [0.2, 0.25) is 0 Å². The van der Waals surface area contributed by atoms with Crippen LogP contribution in [-0.2, 0) is 11.3 Å². The van der Waals surface area contributed by atoms with Crippen LogP contribution in [0.2, 0.25) is 5.02 Å². The Hall–Kier alpha value is -1.26. The fourth-order valence-corrected chi connectivity index (χ4v) is 1.29. The van der Waals surface area contributed by atoms with Gasteiger partial charge in [0.1, 0.15) is 5.75 Å². The molecule has 82 valence electrons. The van der Waals surface area contributed by atoms with Gasteiger partial charge in [-0.25, -0.2) is 0 Å². The SMILES string of the molecule is NCc1ccc(OCCC(=O)O)c(Cl)c1. The van der Waals surface area contributed by atoms with Gasteiger partial charge < -0.3 is 15.6 Å². The summed E-state index contributed by atoms with van der Waals surface area (Å²) >= 11 is 5.90. The van der Waals surface area contributed by atoms with Crippen molar-refractivity contribution in [3.05, 3.63) is 28.8 Å². The Morgan fingerprint density at radius 2 is 2.27 bits per heavy atom. The summed E-state index contributed by atoms with van der Waals surface area (Å²) in [6.07, 6.45) is -0.0467. The summed E-state index contributed by atoms with van der Waals surface area (Å²) in [5.41, 5.74) is 6.34. The van der Waals surface area contributed by atoms with Crippen LogP contribution in [0.4, 0.5) is 0 Å². The second-order valence-corrected chi connectivity index (χ2v) is 3.37. The van der Waals surface area contributed by atoms with Crippen molar-refractivity contribution in [2.75, 3.05) is 6.61 Å². The minimum Gasteiger partial charge on any atom is -0.491 e. The highest BCUT2D eigenvalue weighted by Gasteiger charge is 2.03. The van der Waals surface area contributed by atoms with Gasteiger partial charge in [-0.05, 0) is 17.7 Å². The third-order valence-corrected chi connectivity index (χ3v) is 2.10. The first kappa shape index (κ1) is 11.8. The number of ether oxygens (including phenoxy) is 1.